The van der Waals surface area contributed by atoms with E-state index in [2.05, 4.69) is 4.99 Å². The van der Waals surface area contributed by atoms with Gasteiger partial charge in [0, 0.05) is 24.7 Å². The van der Waals surface area contributed by atoms with Crippen molar-refractivity contribution in [3.8, 4) is 5.75 Å². The Balaban J connectivity index is 2.72. The van der Waals surface area contributed by atoms with Crippen molar-refractivity contribution in [1.29, 1.82) is 0 Å². The fourth-order valence-electron chi connectivity index (χ4n) is 2.10. The second kappa shape index (κ2) is 5.88. The van der Waals surface area contributed by atoms with Crippen LogP contribution in [-0.4, -0.2) is 28.5 Å². The molecular formula is C15H19N3O2. The predicted octanol–water partition coefficient (Wildman–Crippen LogP) is 1.49. The van der Waals surface area contributed by atoms with Gasteiger partial charge in [-0.2, -0.15) is 0 Å². The van der Waals surface area contributed by atoms with Gasteiger partial charge in [0.05, 0.1) is 11.6 Å². The lowest BCUT2D eigenvalue weighted by Gasteiger charge is -2.11. The average molecular weight is 273 g/mol. The Hall–Kier alpha value is -2.14. The first kappa shape index (κ1) is 14.3. The largest absolute Gasteiger partial charge is 0.506 e. The van der Waals surface area contributed by atoms with Gasteiger partial charge in [-0.25, -0.2) is 0 Å². The highest BCUT2D eigenvalue weighted by Crippen LogP contribution is 2.25. The summed E-state index contributed by atoms with van der Waals surface area (Å²) in [5.74, 6) is -0.0247. The third-order valence-electron chi connectivity index (χ3n) is 3.30. The van der Waals surface area contributed by atoms with Crippen LogP contribution in [0.15, 0.2) is 34.1 Å². The lowest BCUT2D eigenvalue weighted by Crippen LogP contribution is -2.24. The molecule has 0 radical (unpaired) electrons. The minimum absolute atomic E-state index is 0.0247. The summed E-state index contributed by atoms with van der Waals surface area (Å²) in [5, 5.41) is 10.9. The second-order valence-electron chi connectivity index (χ2n) is 4.69. The Morgan fingerprint density at radius 2 is 2.15 bits per heavy atom. The summed E-state index contributed by atoms with van der Waals surface area (Å²) in [6.45, 7) is 4.68. The topological polar surface area (TPSA) is 80.6 Å². The molecular weight excluding hydrogens is 254 g/mol. The number of aromatic nitrogens is 1. The van der Waals surface area contributed by atoms with Crippen LogP contribution in [0.3, 0.4) is 0 Å². The zero-order valence-electron chi connectivity index (χ0n) is 11.7. The molecule has 2 aromatic rings. The second-order valence-corrected chi connectivity index (χ2v) is 4.69. The average Bonchev–Trinajstić information content (AvgIpc) is 2.47. The van der Waals surface area contributed by atoms with Gasteiger partial charge >= 0.3 is 0 Å². The molecule has 5 heteroatoms. The van der Waals surface area contributed by atoms with Crippen molar-refractivity contribution in [2.24, 2.45) is 10.7 Å². The number of rotatable bonds is 4. The molecule has 1 aromatic carbocycles. The first-order valence-electron chi connectivity index (χ1n) is 6.67. The van der Waals surface area contributed by atoms with Gasteiger partial charge in [0.2, 0.25) is 0 Å². The van der Waals surface area contributed by atoms with Crippen LogP contribution < -0.4 is 11.3 Å². The van der Waals surface area contributed by atoms with Crippen molar-refractivity contribution in [3.05, 3.63) is 40.2 Å². The van der Waals surface area contributed by atoms with E-state index in [9.17, 15) is 9.90 Å². The minimum atomic E-state index is -0.239. The molecule has 20 heavy (non-hydrogen) atoms. The summed E-state index contributed by atoms with van der Waals surface area (Å²) in [7, 11) is 0. The smallest absolute Gasteiger partial charge is 0.263 e. The van der Waals surface area contributed by atoms with Gasteiger partial charge in [-0.15, -0.1) is 0 Å². The number of aromatic hydroxyl groups is 1. The molecule has 2 rings (SSSR count). The molecule has 0 unspecified atom stereocenters. The van der Waals surface area contributed by atoms with E-state index in [1.54, 1.807) is 10.6 Å². The molecule has 0 saturated heterocycles. The number of hydrogen-bond donors (Lipinski definition) is 2. The van der Waals surface area contributed by atoms with E-state index in [0.717, 1.165) is 5.52 Å². The molecule has 0 spiro atoms. The van der Waals surface area contributed by atoms with E-state index < -0.39 is 0 Å². The first-order chi connectivity index (χ1) is 9.60. The van der Waals surface area contributed by atoms with Crippen molar-refractivity contribution >= 4 is 17.1 Å². The predicted molar refractivity (Wildman–Crippen MR) is 81.7 cm³/mol. The number of nitrogens with zero attached hydrogens (tertiary/aromatic N) is 2. The van der Waals surface area contributed by atoms with Crippen LogP contribution >= 0.6 is 0 Å². The summed E-state index contributed by atoms with van der Waals surface area (Å²) in [4.78, 5) is 16.6. The van der Waals surface area contributed by atoms with Gasteiger partial charge in [0.1, 0.15) is 11.3 Å². The van der Waals surface area contributed by atoms with E-state index in [4.69, 9.17) is 5.73 Å². The maximum Gasteiger partial charge on any atom is 0.263 e. The van der Waals surface area contributed by atoms with Crippen LogP contribution in [0.5, 0.6) is 5.75 Å². The standard InChI is InChI=1S/C15H19N3O2/c1-3-18-13-7-5-4-6-11(13)14(19)12(15(18)20)9-17-10(2)8-16/h4-7,9-10,19H,3,8,16H2,1-2H3/t10-/m0/s1. The molecule has 1 heterocycles. The van der Waals surface area contributed by atoms with Crippen molar-refractivity contribution in [2.75, 3.05) is 6.54 Å². The van der Waals surface area contributed by atoms with Crippen molar-refractivity contribution in [2.45, 2.75) is 26.4 Å². The van der Waals surface area contributed by atoms with E-state index in [0.29, 0.717) is 18.5 Å². The van der Waals surface area contributed by atoms with Gasteiger partial charge in [0.25, 0.3) is 5.56 Å². The number of hydrogen-bond acceptors (Lipinski definition) is 4. The van der Waals surface area contributed by atoms with E-state index in [-0.39, 0.29) is 22.9 Å². The minimum Gasteiger partial charge on any atom is -0.506 e. The molecule has 5 nitrogen and oxygen atoms in total. The molecule has 0 fully saturated rings. The molecule has 1 atom stereocenters. The zero-order valence-corrected chi connectivity index (χ0v) is 11.7. The van der Waals surface area contributed by atoms with Gasteiger partial charge in [-0.05, 0) is 26.0 Å². The summed E-state index contributed by atoms with van der Waals surface area (Å²) < 4.78 is 1.63. The van der Waals surface area contributed by atoms with Gasteiger partial charge in [-0.3, -0.25) is 9.79 Å². The van der Waals surface area contributed by atoms with Gasteiger partial charge in [-0.1, -0.05) is 12.1 Å². The number of benzene rings is 1. The van der Waals surface area contributed by atoms with E-state index >= 15 is 0 Å². The highest BCUT2D eigenvalue weighted by molar-refractivity contribution is 5.95. The molecule has 1 aromatic heterocycles. The van der Waals surface area contributed by atoms with Crippen molar-refractivity contribution in [1.82, 2.24) is 4.57 Å². The summed E-state index contributed by atoms with van der Waals surface area (Å²) in [6, 6.07) is 7.20. The first-order valence-corrected chi connectivity index (χ1v) is 6.67. The highest BCUT2D eigenvalue weighted by atomic mass is 16.3. The van der Waals surface area contributed by atoms with Crippen LogP contribution in [0.2, 0.25) is 0 Å². The molecule has 3 N–H and O–H groups in total. The lowest BCUT2D eigenvalue weighted by atomic mass is 10.1. The fraction of sp³-hybridized carbons (Fsp3) is 0.333. The van der Waals surface area contributed by atoms with Crippen LogP contribution in [0.1, 0.15) is 19.4 Å². The highest BCUT2D eigenvalue weighted by Gasteiger charge is 2.13. The number of aliphatic imine (C=N–C) groups is 1. The Bertz CT molecular complexity index is 704. The van der Waals surface area contributed by atoms with E-state index in [1.807, 2.05) is 32.0 Å². The fourth-order valence-corrected chi connectivity index (χ4v) is 2.10. The summed E-state index contributed by atoms with van der Waals surface area (Å²) in [6.07, 6.45) is 1.42. The van der Waals surface area contributed by atoms with E-state index in [1.165, 1.54) is 6.21 Å². The number of nitrogens with two attached hydrogens (primary N) is 1. The Labute approximate surface area is 117 Å². The number of fused-ring (bicyclic) bond motifs is 1. The third kappa shape index (κ3) is 2.44. The Morgan fingerprint density at radius 3 is 2.80 bits per heavy atom. The monoisotopic (exact) mass is 273 g/mol. The Kier molecular flexibility index (Phi) is 4.20. The molecule has 0 saturated carbocycles. The van der Waals surface area contributed by atoms with Crippen molar-refractivity contribution < 1.29 is 5.11 Å². The third-order valence-corrected chi connectivity index (χ3v) is 3.30. The van der Waals surface area contributed by atoms with Crippen molar-refractivity contribution in [3.63, 3.8) is 0 Å². The van der Waals surface area contributed by atoms with Crippen LogP contribution in [0.25, 0.3) is 10.9 Å². The molecule has 0 amide bonds. The normalized spacial score (nSPS) is 13.2. The maximum absolute atomic E-state index is 12.4. The molecule has 0 aliphatic carbocycles. The molecule has 106 valence electrons. The van der Waals surface area contributed by atoms with Crippen LogP contribution in [-0.2, 0) is 6.54 Å². The number of pyridine rings is 1. The van der Waals surface area contributed by atoms with Gasteiger partial charge < -0.3 is 15.4 Å². The maximum atomic E-state index is 12.4. The van der Waals surface area contributed by atoms with Crippen LogP contribution in [0.4, 0.5) is 0 Å². The molecule has 0 aliphatic heterocycles. The molecule has 0 bridgehead atoms. The summed E-state index contributed by atoms with van der Waals surface area (Å²) in [5.41, 5.74) is 6.20. The summed E-state index contributed by atoms with van der Waals surface area (Å²) >= 11 is 0. The zero-order chi connectivity index (χ0) is 14.7. The quantitative estimate of drug-likeness (QED) is 0.828. The van der Waals surface area contributed by atoms with Crippen LogP contribution in [0, 0.1) is 0 Å². The Morgan fingerprint density at radius 1 is 1.45 bits per heavy atom. The number of para-hydroxylation sites is 1. The number of aryl methyl sites for hydroxylation is 1. The molecule has 0 aliphatic rings. The SMILES string of the molecule is CCn1c(=O)c(C=N[C@@H](C)CN)c(O)c2ccccc21. The van der Waals surface area contributed by atoms with Gasteiger partial charge in [0.15, 0.2) is 0 Å². The lowest BCUT2D eigenvalue weighted by molar-refractivity contribution is 0.478.